The van der Waals surface area contributed by atoms with Crippen LogP contribution < -0.4 is 23.7 Å². The summed E-state index contributed by atoms with van der Waals surface area (Å²) >= 11 is 0. The van der Waals surface area contributed by atoms with Gasteiger partial charge in [-0.05, 0) is 60.2 Å². The summed E-state index contributed by atoms with van der Waals surface area (Å²) in [4.78, 5) is 29.3. The molecule has 35 heavy (non-hydrogen) atoms. The average Bonchev–Trinajstić information content (AvgIpc) is 3.50. The first-order valence-corrected chi connectivity index (χ1v) is 10.5. The van der Waals surface area contributed by atoms with Crippen molar-refractivity contribution in [3.05, 3.63) is 83.1 Å². The van der Waals surface area contributed by atoms with Crippen LogP contribution in [0.3, 0.4) is 0 Å². The third kappa shape index (κ3) is 4.51. The monoisotopic (exact) mass is 473 g/mol. The summed E-state index contributed by atoms with van der Waals surface area (Å²) in [7, 11) is 3.00. The molecule has 0 atom stereocenters. The molecule has 0 spiro atoms. The maximum atomic E-state index is 12.6. The Bertz CT molecular complexity index is 1390. The third-order valence-corrected chi connectivity index (χ3v) is 5.24. The van der Waals surface area contributed by atoms with Crippen LogP contribution in [0.25, 0.3) is 6.08 Å². The molecule has 0 saturated heterocycles. The van der Waals surface area contributed by atoms with Crippen molar-refractivity contribution in [3.63, 3.8) is 0 Å². The first-order valence-electron chi connectivity index (χ1n) is 10.5. The smallest absolute Gasteiger partial charge is 0.363 e. The second-order valence-corrected chi connectivity index (χ2v) is 7.44. The molecule has 2 aliphatic heterocycles. The molecule has 5 rings (SSSR count). The molecule has 0 fully saturated rings. The Morgan fingerprint density at radius 1 is 0.943 bits per heavy atom. The fourth-order valence-electron chi connectivity index (χ4n) is 3.49. The lowest BCUT2D eigenvalue weighted by molar-refractivity contribution is -0.129. The van der Waals surface area contributed by atoms with E-state index in [1.165, 1.54) is 7.11 Å². The van der Waals surface area contributed by atoms with E-state index in [9.17, 15) is 9.59 Å². The van der Waals surface area contributed by atoms with Crippen LogP contribution in [0, 0.1) is 0 Å². The summed E-state index contributed by atoms with van der Waals surface area (Å²) in [5, 5.41) is 0. The van der Waals surface area contributed by atoms with Gasteiger partial charge in [0.05, 0.1) is 19.8 Å². The zero-order valence-electron chi connectivity index (χ0n) is 18.8. The minimum absolute atomic E-state index is 0.108. The van der Waals surface area contributed by atoms with Crippen LogP contribution >= 0.6 is 0 Å². The molecule has 9 heteroatoms. The number of hydrogen-bond donors (Lipinski definition) is 0. The Hall–Kier alpha value is -4.79. The molecule has 0 aromatic heterocycles. The molecular weight excluding hydrogens is 454 g/mol. The van der Waals surface area contributed by atoms with Crippen LogP contribution in [0.2, 0.25) is 0 Å². The number of carbonyl (C=O) groups is 2. The zero-order chi connectivity index (χ0) is 24.4. The van der Waals surface area contributed by atoms with Crippen molar-refractivity contribution in [2.24, 2.45) is 4.99 Å². The van der Waals surface area contributed by atoms with E-state index in [0.29, 0.717) is 39.7 Å². The van der Waals surface area contributed by atoms with E-state index in [2.05, 4.69) is 4.99 Å². The Kier molecular flexibility index (Phi) is 5.80. The van der Waals surface area contributed by atoms with Gasteiger partial charge in [-0.25, -0.2) is 14.6 Å². The molecular formula is C26H19NO8. The van der Waals surface area contributed by atoms with Crippen molar-refractivity contribution in [1.29, 1.82) is 0 Å². The maximum absolute atomic E-state index is 12.6. The van der Waals surface area contributed by atoms with Crippen molar-refractivity contribution in [2.45, 2.75) is 0 Å². The normalized spacial score (nSPS) is 15.0. The Labute approximate surface area is 200 Å². The van der Waals surface area contributed by atoms with E-state index < -0.39 is 11.9 Å². The van der Waals surface area contributed by atoms with Gasteiger partial charge in [0.25, 0.3) is 0 Å². The van der Waals surface area contributed by atoms with Gasteiger partial charge in [-0.15, -0.1) is 0 Å². The van der Waals surface area contributed by atoms with Gasteiger partial charge in [0.15, 0.2) is 28.7 Å². The number of fused-ring (bicyclic) bond motifs is 1. The number of nitrogens with zero attached hydrogens (tertiary/aromatic N) is 1. The lowest BCUT2D eigenvalue weighted by atomic mass is 10.1. The highest BCUT2D eigenvalue weighted by molar-refractivity contribution is 6.13. The molecule has 0 amide bonds. The first-order chi connectivity index (χ1) is 17.0. The van der Waals surface area contributed by atoms with Gasteiger partial charge in [-0.1, -0.05) is 12.1 Å². The van der Waals surface area contributed by atoms with E-state index in [1.807, 2.05) is 0 Å². The van der Waals surface area contributed by atoms with Gasteiger partial charge in [-0.2, -0.15) is 0 Å². The number of cyclic esters (lactones) is 1. The number of rotatable bonds is 6. The van der Waals surface area contributed by atoms with Gasteiger partial charge in [0.1, 0.15) is 5.75 Å². The molecule has 3 aromatic carbocycles. The van der Waals surface area contributed by atoms with Crippen molar-refractivity contribution >= 4 is 23.9 Å². The van der Waals surface area contributed by atoms with E-state index in [-0.39, 0.29) is 24.1 Å². The SMILES string of the molecule is COc1cccc(C2=NC(=Cc3ccc(OC(=O)c4ccc5c(c4)OCO5)c(OC)c3)C(=O)O2)c1. The minimum atomic E-state index is -0.584. The van der Waals surface area contributed by atoms with Crippen LogP contribution in [0.4, 0.5) is 0 Å². The average molecular weight is 473 g/mol. The molecule has 0 radical (unpaired) electrons. The summed E-state index contributed by atoms with van der Waals surface area (Å²) < 4.78 is 32.0. The number of benzene rings is 3. The van der Waals surface area contributed by atoms with Gasteiger partial charge in [0, 0.05) is 5.56 Å². The Morgan fingerprint density at radius 2 is 1.80 bits per heavy atom. The summed E-state index contributed by atoms with van der Waals surface area (Å²) in [5.41, 5.74) is 1.64. The van der Waals surface area contributed by atoms with E-state index in [0.717, 1.165) is 0 Å². The molecule has 0 saturated carbocycles. The third-order valence-electron chi connectivity index (χ3n) is 5.24. The summed E-state index contributed by atoms with van der Waals surface area (Å²) in [6, 6.07) is 16.7. The zero-order valence-corrected chi connectivity index (χ0v) is 18.8. The second-order valence-electron chi connectivity index (χ2n) is 7.44. The van der Waals surface area contributed by atoms with Crippen LogP contribution in [0.5, 0.6) is 28.7 Å². The lowest BCUT2D eigenvalue weighted by Crippen LogP contribution is -2.09. The molecule has 0 N–H and O–H groups in total. The standard InChI is InChI=1S/C26H19NO8/c1-30-18-5-3-4-16(12-18)24-27-19(26(29)35-24)10-15-6-8-21(22(11-15)31-2)34-25(28)17-7-9-20-23(13-17)33-14-32-20/h3-13H,14H2,1-2H3. The molecule has 0 unspecified atom stereocenters. The molecule has 0 bridgehead atoms. The van der Waals surface area contributed by atoms with Gasteiger partial charge in [-0.3, -0.25) is 0 Å². The molecule has 2 aliphatic rings. The van der Waals surface area contributed by atoms with Crippen LogP contribution in [0.1, 0.15) is 21.5 Å². The number of esters is 2. The van der Waals surface area contributed by atoms with Gasteiger partial charge in [0.2, 0.25) is 12.7 Å². The second kappa shape index (κ2) is 9.22. The lowest BCUT2D eigenvalue weighted by Gasteiger charge is -2.10. The highest BCUT2D eigenvalue weighted by atomic mass is 16.7. The molecule has 3 aromatic rings. The van der Waals surface area contributed by atoms with Crippen LogP contribution in [-0.4, -0.2) is 38.8 Å². The van der Waals surface area contributed by atoms with Gasteiger partial charge >= 0.3 is 11.9 Å². The summed E-state index contributed by atoms with van der Waals surface area (Å²) in [5.74, 6) is 1.20. The van der Waals surface area contributed by atoms with Gasteiger partial charge < -0.3 is 28.4 Å². The predicted octanol–water partition coefficient (Wildman–Crippen LogP) is 4.00. The molecule has 2 heterocycles. The Morgan fingerprint density at radius 3 is 2.63 bits per heavy atom. The van der Waals surface area contributed by atoms with Crippen molar-refractivity contribution < 1.29 is 38.0 Å². The van der Waals surface area contributed by atoms with Crippen LogP contribution in [-0.2, 0) is 9.53 Å². The van der Waals surface area contributed by atoms with Crippen molar-refractivity contribution in [3.8, 4) is 28.7 Å². The number of aliphatic imine (C=N–C) groups is 1. The fraction of sp³-hybridized carbons (Fsp3) is 0.115. The predicted molar refractivity (Wildman–Crippen MR) is 124 cm³/mol. The quantitative estimate of drug-likeness (QED) is 0.301. The molecule has 9 nitrogen and oxygen atoms in total. The van der Waals surface area contributed by atoms with Crippen LogP contribution in [0.15, 0.2) is 71.4 Å². The van der Waals surface area contributed by atoms with E-state index >= 15 is 0 Å². The first kappa shape index (κ1) is 22.0. The molecule has 176 valence electrons. The maximum Gasteiger partial charge on any atom is 0.363 e. The van der Waals surface area contributed by atoms with E-state index in [4.69, 9.17) is 28.4 Å². The highest BCUT2D eigenvalue weighted by Gasteiger charge is 2.25. The number of carbonyl (C=O) groups excluding carboxylic acids is 2. The Balaban J connectivity index is 1.36. The number of hydrogen-bond acceptors (Lipinski definition) is 9. The topological polar surface area (TPSA) is 102 Å². The largest absolute Gasteiger partial charge is 0.497 e. The fourth-order valence-corrected chi connectivity index (χ4v) is 3.49. The summed E-state index contributed by atoms with van der Waals surface area (Å²) in [6.45, 7) is 0.108. The summed E-state index contributed by atoms with van der Waals surface area (Å²) in [6.07, 6.45) is 1.56. The number of methoxy groups -OCH3 is 2. The van der Waals surface area contributed by atoms with E-state index in [1.54, 1.807) is 73.8 Å². The highest BCUT2D eigenvalue weighted by Crippen LogP contribution is 2.34. The van der Waals surface area contributed by atoms with Crippen molar-refractivity contribution in [2.75, 3.05) is 21.0 Å². The van der Waals surface area contributed by atoms with Crippen molar-refractivity contribution in [1.82, 2.24) is 0 Å². The number of ether oxygens (including phenoxy) is 6. The molecule has 0 aliphatic carbocycles. The minimum Gasteiger partial charge on any atom is -0.497 e.